The Balaban J connectivity index is 2.57. The molecule has 0 aliphatic carbocycles. The van der Waals surface area contributed by atoms with Crippen LogP contribution < -0.4 is 5.32 Å². The Bertz CT molecular complexity index is 360. The molecule has 0 amide bonds. The fourth-order valence-corrected chi connectivity index (χ4v) is 1.82. The minimum atomic E-state index is 0.507. The fourth-order valence-electron chi connectivity index (χ4n) is 1.62. The maximum Gasteiger partial charge on any atom is 0.0860 e. The molecule has 4 nitrogen and oxygen atoms in total. The van der Waals surface area contributed by atoms with Gasteiger partial charge in [0.15, 0.2) is 0 Å². The van der Waals surface area contributed by atoms with Crippen LogP contribution in [0.2, 0.25) is 5.02 Å². The molecule has 0 fully saturated rings. The predicted octanol–water partition coefficient (Wildman–Crippen LogP) is 1.90. The molecule has 1 aromatic heterocycles. The highest BCUT2D eigenvalue weighted by Gasteiger charge is 2.12. The maximum atomic E-state index is 6.24. The number of halogens is 1. The molecule has 1 rings (SSSR count). The van der Waals surface area contributed by atoms with Crippen molar-refractivity contribution in [3.8, 4) is 0 Å². The predicted molar refractivity (Wildman–Crippen MR) is 72.5 cm³/mol. The molecule has 0 saturated heterocycles. The topological polar surface area (TPSA) is 33.1 Å². The monoisotopic (exact) mass is 258 g/mol. The van der Waals surface area contributed by atoms with E-state index in [1.54, 1.807) is 0 Å². The third-order valence-corrected chi connectivity index (χ3v) is 3.56. The summed E-state index contributed by atoms with van der Waals surface area (Å²) < 4.78 is 1.96. The van der Waals surface area contributed by atoms with Crippen molar-refractivity contribution < 1.29 is 0 Å². The molecule has 0 aromatic carbocycles. The number of hydrogen-bond acceptors (Lipinski definition) is 3. The van der Waals surface area contributed by atoms with Crippen LogP contribution in [-0.2, 0) is 13.1 Å². The summed E-state index contributed by atoms with van der Waals surface area (Å²) in [6.07, 6.45) is 0. The number of hydrogen-bond donors (Lipinski definition) is 1. The number of nitrogens with zero attached hydrogens (tertiary/aromatic N) is 3. The van der Waals surface area contributed by atoms with E-state index in [-0.39, 0.29) is 0 Å². The molecular formula is C12H23ClN4. The number of likely N-dealkylation sites (N-methyl/N-ethyl adjacent to an activating group) is 1. The van der Waals surface area contributed by atoms with Gasteiger partial charge in [0.05, 0.1) is 16.4 Å². The van der Waals surface area contributed by atoms with Crippen molar-refractivity contribution in [1.82, 2.24) is 20.0 Å². The van der Waals surface area contributed by atoms with E-state index in [1.807, 2.05) is 11.6 Å². The van der Waals surface area contributed by atoms with Crippen molar-refractivity contribution in [2.75, 3.05) is 20.6 Å². The lowest BCUT2D eigenvalue weighted by atomic mass is 10.3. The molecule has 1 aromatic rings. The Morgan fingerprint density at radius 3 is 2.65 bits per heavy atom. The quantitative estimate of drug-likeness (QED) is 0.846. The van der Waals surface area contributed by atoms with Gasteiger partial charge in [-0.3, -0.25) is 4.68 Å². The van der Waals surface area contributed by atoms with Gasteiger partial charge in [0, 0.05) is 25.7 Å². The van der Waals surface area contributed by atoms with Crippen LogP contribution in [0.15, 0.2) is 0 Å². The van der Waals surface area contributed by atoms with Crippen LogP contribution in [0.3, 0.4) is 0 Å². The molecule has 0 bridgehead atoms. The smallest absolute Gasteiger partial charge is 0.0860 e. The lowest BCUT2D eigenvalue weighted by Crippen LogP contribution is -2.35. The number of rotatable bonds is 6. The molecule has 1 N–H and O–H groups in total. The Morgan fingerprint density at radius 1 is 1.47 bits per heavy atom. The van der Waals surface area contributed by atoms with Crippen LogP contribution in [0.25, 0.3) is 0 Å². The summed E-state index contributed by atoms with van der Waals surface area (Å²) in [5.74, 6) is 0. The van der Waals surface area contributed by atoms with Gasteiger partial charge < -0.3 is 10.2 Å². The van der Waals surface area contributed by atoms with Gasteiger partial charge in [-0.1, -0.05) is 11.6 Å². The molecular weight excluding hydrogens is 236 g/mol. The molecule has 98 valence electrons. The van der Waals surface area contributed by atoms with Gasteiger partial charge in [-0.25, -0.2) is 0 Å². The van der Waals surface area contributed by atoms with Crippen molar-refractivity contribution >= 4 is 11.6 Å². The normalized spacial score (nSPS) is 13.4. The van der Waals surface area contributed by atoms with E-state index in [4.69, 9.17) is 11.6 Å². The van der Waals surface area contributed by atoms with Crippen molar-refractivity contribution in [2.45, 2.75) is 39.9 Å². The molecule has 1 atom stereocenters. The van der Waals surface area contributed by atoms with E-state index >= 15 is 0 Å². The maximum absolute atomic E-state index is 6.24. The first-order valence-electron chi connectivity index (χ1n) is 6.06. The second kappa shape index (κ2) is 6.38. The third kappa shape index (κ3) is 3.69. The molecule has 17 heavy (non-hydrogen) atoms. The average molecular weight is 259 g/mol. The molecule has 1 heterocycles. The third-order valence-electron chi connectivity index (χ3n) is 3.07. The number of aromatic nitrogens is 2. The van der Waals surface area contributed by atoms with Gasteiger partial charge in [-0.2, -0.15) is 5.10 Å². The molecule has 0 aliphatic rings. The van der Waals surface area contributed by atoms with Gasteiger partial charge in [0.1, 0.15) is 0 Å². The van der Waals surface area contributed by atoms with E-state index in [9.17, 15) is 0 Å². The Morgan fingerprint density at radius 2 is 2.12 bits per heavy atom. The van der Waals surface area contributed by atoms with E-state index in [1.165, 1.54) is 0 Å². The largest absolute Gasteiger partial charge is 0.310 e. The highest BCUT2D eigenvalue weighted by molar-refractivity contribution is 6.31. The fraction of sp³-hybridized carbons (Fsp3) is 0.750. The first-order valence-corrected chi connectivity index (χ1v) is 6.44. The van der Waals surface area contributed by atoms with Crippen LogP contribution in [0.5, 0.6) is 0 Å². The highest BCUT2D eigenvalue weighted by Crippen LogP contribution is 2.19. The SMILES string of the molecule is CCn1nc(C)c(Cl)c1CNCC(C)N(C)C. The number of aryl methyl sites for hydroxylation is 2. The Labute approximate surface area is 109 Å². The zero-order valence-corrected chi connectivity index (χ0v) is 12.2. The minimum absolute atomic E-state index is 0.507. The summed E-state index contributed by atoms with van der Waals surface area (Å²) in [7, 11) is 4.17. The summed E-state index contributed by atoms with van der Waals surface area (Å²) >= 11 is 6.24. The summed E-state index contributed by atoms with van der Waals surface area (Å²) in [6.45, 7) is 8.78. The lowest BCUT2D eigenvalue weighted by molar-refractivity contribution is 0.301. The molecule has 0 aliphatic heterocycles. The van der Waals surface area contributed by atoms with Crippen LogP contribution in [0, 0.1) is 6.92 Å². The standard InChI is InChI=1S/C12H23ClN4/c1-6-17-11(12(13)10(3)15-17)8-14-7-9(2)16(4)5/h9,14H,6-8H2,1-5H3. The van der Waals surface area contributed by atoms with Crippen molar-refractivity contribution in [3.63, 3.8) is 0 Å². The Hall–Kier alpha value is -0.580. The van der Waals surface area contributed by atoms with E-state index in [0.717, 1.165) is 36.0 Å². The highest BCUT2D eigenvalue weighted by atomic mass is 35.5. The summed E-state index contributed by atoms with van der Waals surface area (Å²) in [5, 5.41) is 8.61. The Kier molecular flexibility index (Phi) is 5.43. The molecule has 5 heteroatoms. The van der Waals surface area contributed by atoms with Crippen molar-refractivity contribution in [1.29, 1.82) is 0 Å². The van der Waals surface area contributed by atoms with Gasteiger partial charge in [0.2, 0.25) is 0 Å². The van der Waals surface area contributed by atoms with Gasteiger partial charge >= 0.3 is 0 Å². The molecule has 1 unspecified atom stereocenters. The summed E-state index contributed by atoms with van der Waals surface area (Å²) in [5.41, 5.74) is 1.99. The van der Waals surface area contributed by atoms with E-state index in [0.29, 0.717) is 6.04 Å². The van der Waals surface area contributed by atoms with Crippen LogP contribution in [0.1, 0.15) is 25.2 Å². The second-order valence-electron chi connectivity index (χ2n) is 4.61. The van der Waals surface area contributed by atoms with E-state index < -0.39 is 0 Å². The van der Waals surface area contributed by atoms with Crippen LogP contribution in [-0.4, -0.2) is 41.4 Å². The minimum Gasteiger partial charge on any atom is -0.310 e. The molecule has 0 spiro atoms. The number of nitrogens with one attached hydrogen (secondary N) is 1. The average Bonchev–Trinajstić information content (AvgIpc) is 2.56. The van der Waals surface area contributed by atoms with Crippen molar-refractivity contribution in [2.24, 2.45) is 0 Å². The van der Waals surface area contributed by atoms with Gasteiger partial charge in [-0.15, -0.1) is 0 Å². The van der Waals surface area contributed by atoms with Gasteiger partial charge in [-0.05, 0) is 34.9 Å². The summed E-state index contributed by atoms with van der Waals surface area (Å²) in [4.78, 5) is 2.19. The van der Waals surface area contributed by atoms with Gasteiger partial charge in [0.25, 0.3) is 0 Å². The lowest BCUT2D eigenvalue weighted by Gasteiger charge is -2.20. The first-order chi connectivity index (χ1) is 7.97. The molecule has 0 saturated carbocycles. The zero-order chi connectivity index (χ0) is 13.0. The second-order valence-corrected chi connectivity index (χ2v) is 4.98. The zero-order valence-electron chi connectivity index (χ0n) is 11.4. The van der Waals surface area contributed by atoms with Crippen molar-refractivity contribution in [3.05, 3.63) is 16.4 Å². The first kappa shape index (κ1) is 14.5. The molecule has 0 radical (unpaired) electrons. The van der Waals surface area contributed by atoms with E-state index in [2.05, 4.69) is 43.3 Å². The van der Waals surface area contributed by atoms with Crippen LogP contribution >= 0.6 is 11.6 Å². The van der Waals surface area contributed by atoms with Crippen LogP contribution in [0.4, 0.5) is 0 Å². The summed E-state index contributed by atoms with van der Waals surface area (Å²) in [6, 6.07) is 0.507.